The average molecular weight is 257 g/mol. The van der Waals surface area contributed by atoms with Gasteiger partial charge in [0, 0.05) is 17.3 Å². The number of rotatable bonds is 5. The standard InChI is InChI=1S/C11H19N3O2S/c1-7(2)9(15)11(3,4)6-12-10(16)8-5-17-14-13-8/h5,7,9,15H,6H2,1-4H3,(H,12,16). The highest BCUT2D eigenvalue weighted by Gasteiger charge is 2.30. The van der Waals surface area contributed by atoms with E-state index in [1.807, 2.05) is 27.7 Å². The summed E-state index contributed by atoms with van der Waals surface area (Å²) < 4.78 is 3.63. The molecule has 1 heterocycles. The van der Waals surface area contributed by atoms with Crippen LogP contribution in [0.5, 0.6) is 0 Å². The molecule has 1 rings (SSSR count). The molecule has 0 aliphatic rings. The third kappa shape index (κ3) is 3.74. The lowest BCUT2D eigenvalue weighted by Crippen LogP contribution is -2.43. The predicted molar refractivity (Wildman–Crippen MR) is 66.9 cm³/mol. The van der Waals surface area contributed by atoms with Gasteiger partial charge in [0.1, 0.15) is 0 Å². The van der Waals surface area contributed by atoms with Crippen molar-refractivity contribution in [1.29, 1.82) is 0 Å². The number of amides is 1. The van der Waals surface area contributed by atoms with Crippen molar-refractivity contribution in [2.24, 2.45) is 11.3 Å². The molecule has 0 bridgehead atoms. The summed E-state index contributed by atoms with van der Waals surface area (Å²) in [6.07, 6.45) is -0.462. The van der Waals surface area contributed by atoms with Crippen molar-refractivity contribution in [2.75, 3.05) is 6.54 Å². The number of hydrogen-bond acceptors (Lipinski definition) is 5. The van der Waals surface area contributed by atoms with Crippen LogP contribution in [-0.2, 0) is 0 Å². The number of nitrogens with one attached hydrogen (secondary N) is 1. The van der Waals surface area contributed by atoms with E-state index in [0.29, 0.717) is 12.2 Å². The van der Waals surface area contributed by atoms with Crippen LogP contribution >= 0.6 is 11.5 Å². The highest BCUT2D eigenvalue weighted by molar-refractivity contribution is 7.03. The van der Waals surface area contributed by atoms with Gasteiger partial charge in [-0.2, -0.15) is 0 Å². The molecule has 0 saturated carbocycles. The number of nitrogens with zero attached hydrogens (tertiary/aromatic N) is 2. The molecule has 0 aromatic carbocycles. The number of carbonyl (C=O) groups is 1. The molecule has 0 fully saturated rings. The Hall–Kier alpha value is -1.01. The van der Waals surface area contributed by atoms with Crippen LogP contribution in [0.1, 0.15) is 38.2 Å². The van der Waals surface area contributed by atoms with E-state index in [9.17, 15) is 9.90 Å². The van der Waals surface area contributed by atoms with Gasteiger partial charge < -0.3 is 10.4 Å². The van der Waals surface area contributed by atoms with Gasteiger partial charge in [-0.3, -0.25) is 4.79 Å². The molecule has 96 valence electrons. The van der Waals surface area contributed by atoms with Gasteiger partial charge in [0.15, 0.2) is 5.69 Å². The SMILES string of the molecule is CC(C)C(O)C(C)(C)CNC(=O)c1csnn1. The van der Waals surface area contributed by atoms with Crippen LogP contribution in [0.4, 0.5) is 0 Å². The van der Waals surface area contributed by atoms with E-state index < -0.39 is 6.10 Å². The quantitative estimate of drug-likeness (QED) is 0.834. The molecule has 17 heavy (non-hydrogen) atoms. The second-order valence-electron chi connectivity index (χ2n) is 5.15. The maximum absolute atomic E-state index is 11.7. The van der Waals surface area contributed by atoms with E-state index in [1.54, 1.807) is 5.38 Å². The van der Waals surface area contributed by atoms with Gasteiger partial charge >= 0.3 is 0 Å². The lowest BCUT2D eigenvalue weighted by molar-refractivity contribution is 0.0138. The molecule has 0 spiro atoms. The lowest BCUT2D eigenvalue weighted by Gasteiger charge is -2.33. The summed E-state index contributed by atoms with van der Waals surface area (Å²) in [7, 11) is 0. The number of carbonyl (C=O) groups excluding carboxylic acids is 1. The predicted octanol–water partition coefficient (Wildman–Crippen LogP) is 1.31. The monoisotopic (exact) mass is 257 g/mol. The number of aliphatic hydroxyl groups is 1. The van der Waals surface area contributed by atoms with E-state index in [1.165, 1.54) is 0 Å². The normalized spacial score (nSPS) is 13.8. The zero-order valence-corrected chi connectivity index (χ0v) is 11.4. The molecular formula is C11H19N3O2S. The Kier molecular flexibility index (Phi) is 4.59. The van der Waals surface area contributed by atoms with E-state index in [0.717, 1.165) is 11.5 Å². The smallest absolute Gasteiger partial charge is 0.272 e. The first kappa shape index (κ1) is 14.1. The van der Waals surface area contributed by atoms with Crippen LogP contribution in [0.3, 0.4) is 0 Å². The summed E-state index contributed by atoms with van der Waals surface area (Å²) in [5.41, 5.74) is -0.0439. The molecule has 1 aromatic rings. The summed E-state index contributed by atoms with van der Waals surface area (Å²) in [5.74, 6) is -0.0920. The molecular weight excluding hydrogens is 238 g/mol. The third-order valence-corrected chi connectivity index (χ3v) is 3.23. The first-order valence-corrected chi connectivity index (χ1v) is 6.41. The maximum atomic E-state index is 11.7. The number of hydrogen-bond donors (Lipinski definition) is 2. The topological polar surface area (TPSA) is 75.1 Å². The zero-order valence-electron chi connectivity index (χ0n) is 10.6. The fourth-order valence-electron chi connectivity index (χ4n) is 1.67. The van der Waals surface area contributed by atoms with Gasteiger partial charge in [0.05, 0.1) is 6.10 Å². The zero-order chi connectivity index (χ0) is 13.1. The molecule has 5 nitrogen and oxygen atoms in total. The minimum atomic E-state index is -0.462. The van der Waals surface area contributed by atoms with Crippen LogP contribution in [0, 0.1) is 11.3 Å². The molecule has 1 unspecified atom stereocenters. The molecule has 6 heteroatoms. The van der Waals surface area contributed by atoms with Gasteiger partial charge in [0.25, 0.3) is 5.91 Å². The summed E-state index contributed by atoms with van der Waals surface area (Å²) in [5, 5.41) is 18.1. The Morgan fingerprint density at radius 1 is 1.59 bits per heavy atom. The largest absolute Gasteiger partial charge is 0.392 e. The number of aliphatic hydroxyl groups excluding tert-OH is 1. The van der Waals surface area contributed by atoms with Crippen molar-refractivity contribution in [2.45, 2.75) is 33.8 Å². The van der Waals surface area contributed by atoms with Gasteiger partial charge in [-0.15, -0.1) is 5.10 Å². The molecule has 1 atom stereocenters. The van der Waals surface area contributed by atoms with Crippen LogP contribution in [0.25, 0.3) is 0 Å². The summed E-state index contributed by atoms with van der Waals surface area (Å²) >= 11 is 1.14. The van der Waals surface area contributed by atoms with E-state index in [-0.39, 0.29) is 17.2 Å². The van der Waals surface area contributed by atoms with Crippen molar-refractivity contribution in [1.82, 2.24) is 14.9 Å². The molecule has 0 aliphatic heterocycles. The molecule has 0 saturated heterocycles. The van der Waals surface area contributed by atoms with Crippen molar-refractivity contribution < 1.29 is 9.90 Å². The summed E-state index contributed by atoms with van der Waals surface area (Å²) in [6.45, 7) is 8.17. The van der Waals surface area contributed by atoms with E-state index in [4.69, 9.17) is 0 Å². The summed E-state index contributed by atoms with van der Waals surface area (Å²) in [6, 6.07) is 0. The third-order valence-electron chi connectivity index (χ3n) is 2.73. The highest BCUT2D eigenvalue weighted by Crippen LogP contribution is 2.25. The van der Waals surface area contributed by atoms with E-state index >= 15 is 0 Å². The molecule has 0 aliphatic carbocycles. The molecule has 0 radical (unpaired) electrons. The Morgan fingerprint density at radius 3 is 2.71 bits per heavy atom. The van der Waals surface area contributed by atoms with Crippen LogP contribution in [0.15, 0.2) is 5.38 Å². The van der Waals surface area contributed by atoms with Crippen LogP contribution in [-0.4, -0.2) is 33.2 Å². The van der Waals surface area contributed by atoms with Gasteiger partial charge in [-0.05, 0) is 17.5 Å². The molecule has 1 aromatic heterocycles. The lowest BCUT2D eigenvalue weighted by atomic mass is 9.80. The Labute approximate surface area is 105 Å². The maximum Gasteiger partial charge on any atom is 0.272 e. The Morgan fingerprint density at radius 2 is 2.24 bits per heavy atom. The average Bonchev–Trinajstić information content (AvgIpc) is 2.78. The summed E-state index contributed by atoms with van der Waals surface area (Å²) in [4.78, 5) is 11.7. The highest BCUT2D eigenvalue weighted by atomic mass is 32.1. The second kappa shape index (κ2) is 5.55. The van der Waals surface area contributed by atoms with Crippen molar-refractivity contribution >= 4 is 17.4 Å². The van der Waals surface area contributed by atoms with Gasteiger partial charge in [-0.25, -0.2) is 0 Å². The van der Waals surface area contributed by atoms with Crippen molar-refractivity contribution in [3.8, 4) is 0 Å². The van der Waals surface area contributed by atoms with Crippen LogP contribution in [0.2, 0.25) is 0 Å². The minimum Gasteiger partial charge on any atom is -0.392 e. The fourth-order valence-corrected chi connectivity index (χ4v) is 2.11. The first-order chi connectivity index (χ1) is 7.84. The van der Waals surface area contributed by atoms with Crippen molar-refractivity contribution in [3.05, 3.63) is 11.1 Å². The fraction of sp³-hybridized carbons (Fsp3) is 0.727. The minimum absolute atomic E-state index is 0.155. The Bertz CT molecular complexity index is 363. The van der Waals surface area contributed by atoms with Crippen molar-refractivity contribution in [3.63, 3.8) is 0 Å². The molecule has 1 amide bonds. The van der Waals surface area contributed by atoms with Gasteiger partial charge in [0.2, 0.25) is 0 Å². The first-order valence-electron chi connectivity index (χ1n) is 5.58. The Balaban J connectivity index is 2.53. The molecule has 2 N–H and O–H groups in total. The van der Waals surface area contributed by atoms with E-state index in [2.05, 4.69) is 14.9 Å². The number of aromatic nitrogens is 2. The van der Waals surface area contributed by atoms with Gasteiger partial charge in [-0.1, -0.05) is 32.2 Å². The second-order valence-corrected chi connectivity index (χ2v) is 5.76. The van der Waals surface area contributed by atoms with Crippen LogP contribution < -0.4 is 5.32 Å².